The molecule has 3 aliphatic rings. The van der Waals surface area contributed by atoms with Crippen LogP contribution in [0.2, 0.25) is 0 Å². The molecule has 2 aromatic carbocycles. The van der Waals surface area contributed by atoms with E-state index in [0.717, 1.165) is 58.0 Å². The van der Waals surface area contributed by atoms with Gasteiger partial charge in [-0.05, 0) is 68.4 Å². The normalized spacial score (nSPS) is 20.3. The first kappa shape index (κ1) is 34.0. The van der Waals surface area contributed by atoms with Gasteiger partial charge in [-0.25, -0.2) is 0 Å². The quantitative estimate of drug-likeness (QED) is 0.222. The Morgan fingerprint density at radius 1 is 0.913 bits per heavy atom. The van der Waals surface area contributed by atoms with Gasteiger partial charge in [-0.3, -0.25) is 4.79 Å². The zero-order valence-electron chi connectivity index (χ0n) is 28.9. The molecule has 0 fully saturated rings. The molecule has 4 nitrogen and oxygen atoms in total. The molecule has 0 radical (unpaired) electrons. The van der Waals surface area contributed by atoms with Crippen molar-refractivity contribution in [3.05, 3.63) is 106 Å². The van der Waals surface area contributed by atoms with Crippen molar-refractivity contribution in [2.75, 3.05) is 23.7 Å². The predicted octanol–water partition coefficient (Wildman–Crippen LogP) is 10.5. The number of thioether (sulfide) groups is 1. The van der Waals surface area contributed by atoms with Gasteiger partial charge in [0.15, 0.2) is 5.71 Å². The van der Waals surface area contributed by atoms with E-state index >= 15 is 0 Å². The molecule has 0 unspecified atom stereocenters. The van der Waals surface area contributed by atoms with Gasteiger partial charge in [0, 0.05) is 58.1 Å². The first-order valence-electron chi connectivity index (χ1n) is 17.4. The number of carboxylic acid groups (broad SMARTS) is 1. The van der Waals surface area contributed by atoms with Gasteiger partial charge in [0.05, 0.1) is 11.8 Å². The van der Waals surface area contributed by atoms with Crippen molar-refractivity contribution in [3.63, 3.8) is 0 Å². The summed E-state index contributed by atoms with van der Waals surface area (Å²) in [4.78, 5) is 15.3. The van der Waals surface area contributed by atoms with E-state index in [2.05, 4.69) is 124 Å². The molecule has 0 amide bonds. The molecule has 0 atom stereocenters. The molecule has 0 aromatic heterocycles. The predicted molar refractivity (Wildman–Crippen MR) is 197 cm³/mol. The number of nitrogens with zero attached hydrogens (tertiary/aromatic N) is 2. The number of hydrogen-bond donors (Lipinski definition) is 1. The molecule has 1 aliphatic carbocycles. The number of allylic oxidation sites excluding steroid dienone is 7. The lowest BCUT2D eigenvalue weighted by Crippen LogP contribution is -2.28. The number of benzene rings is 2. The third-order valence-corrected chi connectivity index (χ3v) is 11.2. The number of rotatable bonds is 13. The summed E-state index contributed by atoms with van der Waals surface area (Å²) >= 11 is 1.72. The smallest absolute Gasteiger partial charge is 0.304 e. The Morgan fingerprint density at radius 3 is 2.37 bits per heavy atom. The summed E-state index contributed by atoms with van der Waals surface area (Å²) < 4.78 is 2.53. The highest BCUT2D eigenvalue weighted by Crippen LogP contribution is 2.48. The lowest BCUT2D eigenvalue weighted by atomic mass is 9.81. The van der Waals surface area contributed by atoms with Gasteiger partial charge in [0.1, 0.15) is 6.54 Å². The van der Waals surface area contributed by atoms with E-state index in [1.165, 1.54) is 50.0 Å². The zero-order chi connectivity index (χ0) is 32.9. The Hall–Kier alpha value is -3.31. The summed E-state index contributed by atoms with van der Waals surface area (Å²) in [6, 6.07) is 17.7. The summed E-state index contributed by atoms with van der Waals surface area (Å²) in [5, 5.41) is 9.47. The highest BCUT2D eigenvalue weighted by atomic mass is 32.2. The van der Waals surface area contributed by atoms with Crippen molar-refractivity contribution < 1.29 is 14.5 Å². The number of anilines is 1. The van der Waals surface area contributed by atoms with Crippen molar-refractivity contribution in [3.8, 4) is 0 Å². The van der Waals surface area contributed by atoms with Crippen LogP contribution in [0.25, 0.3) is 0 Å². The lowest BCUT2D eigenvalue weighted by Gasteiger charge is -2.27. The molecule has 0 spiro atoms. The van der Waals surface area contributed by atoms with Crippen LogP contribution in [0, 0.1) is 0 Å². The first-order chi connectivity index (χ1) is 22.1. The van der Waals surface area contributed by atoms with Crippen molar-refractivity contribution >= 4 is 34.8 Å². The van der Waals surface area contributed by atoms with Crippen LogP contribution in [0.1, 0.15) is 104 Å². The maximum atomic E-state index is 11.5. The van der Waals surface area contributed by atoms with E-state index < -0.39 is 5.97 Å². The minimum absolute atomic E-state index is 0.0826. The zero-order valence-corrected chi connectivity index (χ0v) is 29.7. The van der Waals surface area contributed by atoms with E-state index in [4.69, 9.17) is 0 Å². The molecule has 0 saturated carbocycles. The number of carbonyl (C=O) groups is 1. The Labute approximate surface area is 281 Å². The molecule has 1 N–H and O–H groups in total. The Bertz CT molecular complexity index is 1600. The fourth-order valence-corrected chi connectivity index (χ4v) is 8.59. The number of carboxylic acids is 1. The molecule has 46 heavy (non-hydrogen) atoms. The van der Waals surface area contributed by atoms with Crippen LogP contribution >= 0.6 is 11.8 Å². The number of para-hydroxylation sites is 2. The third-order valence-electron chi connectivity index (χ3n) is 9.99. The standard InChI is InChI=1S/C41H52N2O2S/c1-7-9-27-42-34-20-13-11-18-32(34)40(3,4)36(42)24-22-30-16-15-17-31(39(30)46-29-26-38(44)45)23-25-37-41(5,6)33-19-12-14-21-35(33)43(37)28-10-8-2/h11-14,18-25H,7-10,15-17,26-29H2,1-6H3/p+1. The second kappa shape index (κ2) is 14.6. The van der Waals surface area contributed by atoms with Crippen LogP contribution in [0.4, 0.5) is 11.4 Å². The van der Waals surface area contributed by atoms with E-state index in [9.17, 15) is 9.90 Å². The van der Waals surface area contributed by atoms with Crippen molar-refractivity contribution in [2.45, 2.75) is 104 Å². The maximum Gasteiger partial charge on any atom is 0.304 e. The minimum Gasteiger partial charge on any atom is -0.481 e. The average Bonchev–Trinajstić information content (AvgIpc) is 3.39. The van der Waals surface area contributed by atoms with Crippen LogP contribution in [-0.4, -0.2) is 40.2 Å². The van der Waals surface area contributed by atoms with Crippen molar-refractivity contribution in [1.82, 2.24) is 0 Å². The van der Waals surface area contributed by atoms with Gasteiger partial charge in [-0.2, -0.15) is 4.58 Å². The summed E-state index contributed by atoms with van der Waals surface area (Å²) in [6.45, 7) is 15.9. The number of fused-ring (bicyclic) bond motifs is 2. The molecular weight excluding hydrogens is 585 g/mol. The third kappa shape index (κ3) is 6.86. The lowest BCUT2D eigenvalue weighted by molar-refractivity contribution is -0.438. The number of hydrogen-bond acceptors (Lipinski definition) is 3. The fraction of sp³-hybridized carbons (Fsp3) is 0.463. The summed E-state index contributed by atoms with van der Waals surface area (Å²) in [5.41, 5.74) is 10.6. The summed E-state index contributed by atoms with van der Waals surface area (Å²) in [6.07, 6.45) is 17.3. The van der Waals surface area contributed by atoms with E-state index in [0.29, 0.717) is 5.75 Å². The second-order valence-corrected chi connectivity index (χ2v) is 15.1. The van der Waals surface area contributed by atoms with E-state index in [1.54, 1.807) is 11.8 Å². The van der Waals surface area contributed by atoms with E-state index in [1.807, 2.05) is 0 Å². The average molecular weight is 638 g/mol. The highest BCUT2D eigenvalue weighted by molar-refractivity contribution is 8.03. The van der Waals surface area contributed by atoms with Crippen LogP contribution in [0.15, 0.2) is 94.6 Å². The van der Waals surface area contributed by atoms with Crippen LogP contribution in [0.3, 0.4) is 0 Å². The maximum absolute atomic E-state index is 11.5. The van der Waals surface area contributed by atoms with Gasteiger partial charge in [-0.15, -0.1) is 11.8 Å². The SMILES string of the molecule is CCCCN1/C(=C/C=C2\CCCC(/C=C/C3=[N+](CCCC)c4ccccc4C3(C)C)=C2SCCC(=O)O)C(C)(C)c2ccccc21. The molecule has 2 aromatic rings. The molecule has 5 heteroatoms. The number of aliphatic carboxylic acids is 1. The van der Waals surface area contributed by atoms with Crippen LogP contribution in [-0.2, 0) is 15.6 Å². The highest BCUT2D eigenvalue weighted by Gasteiger charge is 2.44. The largest absolute Gasteiger partial charge is 0.481 e. The Kier molecular flexibility index (Phi) is 10.8. The molecule has 0 bridgehead atoms. The Morgan fingerprint density at radius 2 is 1.63 bits per heavy atom. The molecule has 2 aliphatic heterocycles. The molecule has 2 heterocycles. The molecular formula is C41H53N2O2S+. The summed E-state index contributed by atoms with van der Waals surface area (Å²) in [7, 11) is 0. The number of unbranched alkanes of at least 4 members (excludes halogenated alkanes) is 2. The second-order valence-electron chi connectivity index (χ2n) is 14.0. The van der Waals surface area contributed by atoms with Gasteiger partial charge < -0.3 is 10.0 Å². The topological polar surface area (TPSA) is 43.5 Å². The van der Waals surface area contributed by atoms with Gasteiger partial charge in [0.2, 0.25) is 5.69 Å². The van der Waals surface area contributed by atoms with Crippen molar-refractivity contribution in [1.29, 1.82) is 0 Å². The summed E-state index contributed by atoms with van der Waals surface area (Å²) in [5.74, 6) is -0.163. The monoisotopic (exact) mass is 637 g/mol. The molecule has 5 rings (SSSR count). The molecule has 244 valence electrons. The fourth-order valence-electron chi connectivity index (χ4n) is 7.40. The first-order valence-corrected chi connectivity index (χ1v) is 18.4. The van der Waals surface area contributed by atoms with Crippen LogP contribution in [0.5, 0.6) is 0 Å². The van der Waals surface area contributed by atoms with Gasteiger partial charge in [0.25, 0.3) is 0 Å². The van der Waals surface area contributed by atoms with Crippen LogP contribution < -0.4 is 4.90 Å². The van der Waals surface area contributed by atoms with Crippen molar-refractivity contribution in [2.24, 2.45) is 0 Å². The molecule has 0 saturated heterocycles. The minimum atomic E-state index is -0.738. The van der Waals surface area contributed by atoms with Gasteiger partial charge in [-0.1, -0.05) is 89.1 Å². The Balaban J connectivity index is 1.56. The van der Waals surface area contributed by atoms with E-state index in [-0.39, 0.29) is 17.3 Å². The van der Waals surface area contributed by atoms with Gasteiger partial charge >= 0.3 is 5.97 Å².